The van der Waals surface area contributed by atoms with E-state index in [4.69, 9.17) is 0 Å². The van der Waals surface area contributed by atoms with Crippen LogP contribution in [0.2, 0.25) is 0 Å². The predicted octanol–water partition coefficient (Wildman–Crippen LogP) is 2.43. The van der Waals surface area contributed by atoms with Gasteiger partial charge < -0.3 is 10.6 Å². The first-order chi connectivity index (χ1) is 9.67. The highest BCUT2D eigenvalue weighted by atomic mass is 32.2. The van der Waals surface area contributed by atoms with E-state index in [0.717, 1.165) is 31.0 Å². The van der Waals surface area contributed by atoms with Gasteiger partial charge in [0.15, 0.2) is 5.96 Å². The molecule has 3 nitrogen and oxygen atoms in total. The fraction of sp³-hybridized carbons (Fsp3) is 0.500. The van der Waals surface area contributed by atoms with E-state index in [9.17, 15) is 8.78 Å². The Labute approximate surface area is 123 Å². The van der Waals surface area contributed by atoms with Crippen LogP contribution in [0.5, 0.6) is 0 Å². The molecule has 0 spiro atoms. The highest BCUT2D eigenvalue weighted by Crippen LogP contribution is 2.09. The van der Waals surface area contributed by atoms with Gasteiger partial charge in [-0.1, -0.05) is 0 Å². The smallest absolute Gasteiger partial charge is 0.191 e. The molecule has 0 aliphatic carbocycles. The minimum atomic E-state index is -0.415. The summed E-state index contributed by atoms with van der Waals surface area (Å²) in [5.41, 5.74) is 0.373. The van der Waals surface area contributed by atoms with Crippen molar-refractivity contribution < 1.29 is 8.78 Å². The molecule has 0 aliphatic heterocycles. The van der Waals surface area contributed by atoms with Crippen molar-refractivity contribution >= 4 is 17.7 Å². The molecule has 0 radical (unpaired) electrons. The molecular weight excluding hydrogens is 280 g/mol. The van der Waals surface area contributed by atoms with E-state index >= 15 is 0 Å². The summed E-state index contributed by atoms with van der Waals surface area (Å²) in [6.45, 7) is 3.98. The fourth-order valence-corrected chi connectivity index (χ4v) is 1.91. The summed E-state index contributed by atoms with van der Waals surface area (Å²) in [4.78, 5) is 4.38. The second kappa shape index (κ2) is 9.58. The topological polar surface area (TPSA) is 36.4 Å². The van der Waals surface area contributed by atoms with Gasteiger partial charge in [0, 0.05) is 18.8 Å². The van der Waals surface area contributed by atoms with Crippen molar-refractivity contribution in [3.63, 3.8) is 0 Å². The average molecular weight is 301 g/mol. The fourth-order valence-electron chi connectivity index (χ4n) is 1.64. The van der Waals surface area contributed by atoms with Gasteiger partial charge in [0.1, 0.15) is 11.6 Å². The zero-order valence-electron chi connectivity index (χ0n) is 11.9. The third-order valence-electron chi connectivity index (χ3n) is 2.60. The van der Waals surface area contributed by atoms with Crippen LogP contribution < -0.4 is 10.6 Å². The Hall–Kier alpha value is -1.30. The molecule has 1 aromatic carbocycles. The van der Waals surface area contributed by atoms with Gasteiger partial charge in [-0.25, -0.2) is 8.78 Å². The maximum absolute atomic E-state index is 13.4. The molecule has 20 heavy (non-hydrogen) atoms. The molecule has 112 valence electrons. The van der Waals surface area contributed by atoms with Gasteiger partial charge in [0.05, 0.1) is 6.54 Å². The van der Waals surface area contributed by atoms with E-state index < -0.39 is 5.82 Å². The molecule has 0 atom stereocenters. The Morgan fingerprint density at radius 2 is 2.10 bits per heavy atom. The van der Waals surface area contributed by atoms with Crippen LogP contribution in [0.3, 0.4) is 0 Å². The van der Waals surface area contributed by atoms with Crippen LogP contribution >= 0.6 is 11.8 Å². The van der Waals surface area contributed by atoms with Crippen LogP contribution in [-0.4, -0.2) is 37.6 Å². The quantitative estimate of drug-likeness (QED) is 0.461. The van der Waals surface area contributed by atoms with Crippen LogP contribution in [0, 0.1) is 11.6 Å². The molecule has 2 N–H and O–H groups in total. The number of benzene rings is 1. The maximum Gasteiger partial charge on any atom is 0.191 e. The van der Waals surface area contributed by atoms with E-state index in [1.807, 2.05) is 13.2 Å². The number of hydrogen-bond donors (Lipinski definition) is 2. The predicted molar refractivity (Wildman–Crippen MR) is 82.4 cm³/mol. The third-order valence-corrected chi connectivity index (χ3v) is 3.19. The lowest BCUT2D eigenvalue weighted by Gasteiger charge is -2.11. The summed E-state index contributed by atoms with van der Waals surface area (Å²) in [5, 5.41) is 6.23. The van der Waals surface area contributed by atoms with E-state index in [1.165, 1.54) is 6.07 Å². The highest BCUT2D eigenvalue weighted by molar-refractivity contribution is 7.98. The third kappa shape index (κ3) is 6.23. The average Bonchev–Trinajstić information content (AvgIpc) is 2.43. The largest absolute Gasteiger partial charge is 0.357 e. The van der Waals surface area contributed by atoms with Gasteiger partial charge in [-0.05, 0) is 43.4 Å². The standard InChI is InChI=1S/C14H21F2N3S/c1-3-17-14(19-8-9-20-2)18-7-6-11-10-12(15)4-5-13(11)16/h4-5,10H,3,6-9H2,1-2H3,(H2,17,18,19). The van der Waals surface area contributed by atoms with Crippen molar-refractivity contribution in [1.29, 1.82) is 0 Å². The van der Waals surface area contributed by atoms with Gasteiger partial charge in [-0.3, -0.25) is 4.99 Å². The minimum Gasteiger partial charge on any atom is -0.357 e. The summed E-state index contributed by atoms with van der Waals surface area (Å²) in [7, 11) is 0. The highest BCUT2D eigenvalue weighted by Gasteiger charge is 2.04. The molecule has 0 aliphatic rings. The normalized spacial score (nSPS) is 11.5. The first kappa shape index (κ1) is 16.8. The number of hydrogen-bond acceptors (Lipinski definition) is 2. The van der Waals surface area contributed by atoms with Gasteiger partial charge >= 0.3 is 0 Å². The molecule has 1 rings (SSSR count). The number of nitrogens with one attached hydrogen (secondary N) is 2. The zero-order chi connectivity index (χ0) is 14.8. The molecule has 0 heterocycles. The molecule has 0 amide bonds. The molecule has 0 saturated carbocycles. The molecule has 0 unspecified atom stereocenters. The minimum absolute atomic E-state index is 0.373. The molecule has 0 fully saturated rings. The van der Waals surface area contributed by atoms with Crippen molar-refractivity contribution in [2.75, 3.05) is 31.6 Å². The van der Waals surface area contributed by atoms with Gasteiger partial charge in [-0.15, -0.1) is 0 Å². The van der Waals surface area contributed by atoms with Crippen molar-refractivity contribution in [3.05, 3.63) is 35.4 Å². The number of guanidine groups is 1. The summed E-state index contributed by atoms with van der Waals surface area (Å²) in [5.74, 6) is 0.868. The van der Waals surface area contributed by atoms with Crippen molar-refractivity contribution in [3.8, 4) is 0 Å². The Morgan fingerprint density at radius 1 is 1.30 bits per heavy atom. The van der Waals surface area contributed by atoms with E-state index in [-0.39, 0.29) is 5.82 Å². The van der Waals surface area contributed by atoms with Gasteiger partial charge in [0.2, 0.25) is 0 Å². The number of thioether (sulfide) groups is 1. The van der Waals surface area contributed by atoms with Crippen LogP contribution in [0.25, 0.3) is 0 Å². The molecule has 0 bridgehead atoms. The maximum atomic E-state index is 13.4. The summed E-state index contributed by atoms with van der Waals surface area (Å²) >= 11 is 1.73. The summed E-state index contributed by atoms with van der Waals surface area (Å²) in [6, 6.07) is 3.51. The van der Waals surface area contributed by atoms with E-state index in [2.05, 4.69) is 15.6 Å². The molecule has 0 saturated heterocycles. The number of halogens is 2. The Kier molecular flexibility index (Phi) is 8.02. The molecule has 6 heteroatoms. The molecule has 1 aromatic rings. The number of nitrogens with zero attached hydrogens (tertiary/aromatic N) is 1. The first-order valence-corrected chi connectivity index (χ1v) is 8.01. The van der Waals surface area contributed by atoms with Gasteiger partial charge in [-0.2, -0.15) is 11.8 Å². The monoisotopic (exact) mass is 301 g/mol. The SMILES string of the molecule is CCNC(=NCCSC)NCCc1cc(F)ccc1F. The van der Waals surface area contributed by atoms with Crippen LogP contribution in [-0.2, 0) is 6.42 Å². The van der Waals surface area contributed by atoms with Crippen LogP contribution in [0.15, 0.2) is 23.2 Å². The van der Waals surface area contributed by atoms with Crippen LogP contribution in [0.1, 0.15) is 12.5 Å². The summed E-state index contributed by atoms with van der Waals surface area (Å²) in [6.07, 6.45) is 2.44. The van der Waals surface area contributed by atoms with Gasteiger partial charge in [0.25, 0.3) is 0 Å². The summed E-state index contributed by atoms with van der Waals surface area (Å²) < 4.78 is 26.5. The number of aliphatic imine (C=N–C) groups is 1. The molecular formula is C14H21F2N3S. The lowest BCUT2D eigenvalue weighted by atomic mass is 10.1. The number of rotatable bonds is 7. The molecule has 0 aromatic heterocycles. The van der Waals surface area contributed by atoms with Crippen LogP contribution in [0.4, 0.5) is 8.78 Å². The van der Waals surface area contributed by atoms with E-state index in [0.29, 0.717) is 24.5 Å². The van der Waals surface area contributed by atoms with Crippen molar-refractivity contribution in [2.45, 2.75) is 13.3 Å². The van der Waals surface area contributed by atoms with Crippen molar-refractivity contribution in [2.24, 2.45) is 4.99 Å². The lowest BCUT2D eigenvalue weighted by Crippen LogP contribution is -2.38. The lowest BCUT2D eigenvalue weighted by molar-refractivity contribution is 0.583. The van der Waals surface area contributed by atoms with Crippen molar-refractivity contribution in [1.82, 2.24) is 10.6 Å². The Bertz CT molecular complexity index is 438. The second-order valence-corrected chi connectivity index (χ2v) is 5.15. The Morgan fingerprint density at radius 3 is 2.80 bits per heavy atom. The second-order valence-electron chi connectivity index (χ2n) is 4.17. The Balaban J connectivity index is 2.47. The zero-order valence-corrected chi connectivity index (χ0v) is 12.7. The first-order valence-electron chi connectivity index (χ1n) is 6.62. The van der Waals surface area contributed by atoms with E-state index in [1.54, 1.807) is 11.8 Å².